The van der Waals surface area contributed by atoms with E-state index in [2.05, 4.69) is 27.5 Å². The van der Waals surface area contributed by atoms with Gasteiger partial charge in [-0.05, 0) is 78.3 Å². The number of hydrogen-bond acceptors (Lipinski definition) is 6. The number of Topliss-reactive ketones (excluding diaryl/α,β-unsaturated/α-hetero) is 2. The van der Waals surface area contributed by atoms with Gasteiger partial charge in [0.25, 0.3) is 0 Å². The Morgan fingerprint density at radius 2 is 0.938 bits per heavy atom. The summed E-state index contributed by atoms with van der Waals surface area (Å²) in [6.45, 7) is 2.93. The molecule has 348 valence electrons. The monoisotopic (exact) mass is 885 g/mol. The van der Waals surface area contributed by atoms with Gasteiger partial charge in [0.05, 0.1) is 12.1 Å². The highest BCUT2D eigenvalue weighted by molar-refractivity contribution is 5.94. The summed E-state index contributed by atoms with van der Waals surface area (Å²) in [5, 5.41) is 6.12. The van der Waals surface area contributed by atoms with E-state index in [4.69, 9.17) is 22.9 Å². The minimum Gasteiger partial charge on any atom is -0.370 e. The number of carbonyl (C=O) groups excluding carboxylic acids is 4. The lowest BCUT2D eigenvalue weighted by atomic mass is 9.89. The number of carbonyl (C=O) groups is 4. The highest BCUT2D eigenvalue weighted by atomic mass is 16.2. The highest BCUT2D eigenvalue weighted by Gasteiger charge is 2.30. The van der Waals surface area contributed by atoms with Gasteiger partial charge in [0.2, 0.25) is 11.8 Å². The molecule has 0 fully saturated rings. The maximum absolute atomic E-state index is 14.5. The van der Waals surface area contributed by atoms with Gasteiger partial charge in [0, 0.05) is 38.3 Å². The average Bonchev–Trinajstić information content (AvgIpc) is 3.31. The molecular formula is C53H72N8O4. The Hall–Kier alpha value is -6.30. The van der Waals surface area contributed by atoms with Crippen molar-refractivity contribution in [3.05, 3.63) is 120 Å². The number of guanidine groups is 2. The summed E-state index contributed by atoms with van der Waals surface area (Å²) in [5.74, 6) is -1.80. The Balaban J connectivity index is 1.54. The van der Waals surface area contributed by atoms with Crippen LogP contribution in [0.2, 0.25) is 0 Å². The maximum atomic E-state index is 14.5. The Morgan fingerprint density at radius 1 is 0.492 bits per heavy atom. The number of amides is 2. The van der Waals surface area contributed by atoms with E-state index in [1.165, 1.54) is 19.3 Å². The number of nitrogens with one attached hydrogen (secondary N) is 2. The van der Waals surface area contributed by atoms with Crippen molar-refractivity contribution in [2.45, 2.75) is 128 Å². The molecule has 2 amide bonds. The van der Waals surface area contributed by atoms with Crippen molar-refractivity contribution in [3.8, 4) is 22.3 Å². The summed E-state index contributed by atoms with van der Waals surface area (Å²) in [6, 6.07) is 34.3. The number of benzene rings is 4. The molecule has 0 aliphatic carbocycles. The lowest BCUT2D eigenvalue weighted by Gasteiger charge is -2.24. The average molecular weight is 885 g/mol. The second-order valence-corrected chi connectivity index (χ2v) is 17.0. The van der Waals surface area contributed by atoms with Crippen LogP contribution in [0, 0.1) is 5.92 Å². The quantitative estimate of drug-likeness (QED) is 0.0165. The van der Waals surface area contributed by atoms with Crippen molar-refractivity contribution in [1.29, 1.82) is 0 Å². The lowest BCUT2D eigenvalue weighted by Crippen LogP contribution is -2.47. The molecule has 4 aromatic rings. The third-order valence-corrected chi connectivity index (χ3v) is 11.6. The van der Waals surface area contributed by atoms with E-state index < -0.39 is 23.9 Å². The van der Waals surface area contributed by atoms with Gasteiger partial charge >= 0.3 is 0 Å². The zero-order valence-corrected chi connectivity index (χ0v) is 38.4. The smallest absolute Gasteiger partial charge is 0.224 e. The van der Waals surface area contributed by atoms with Gasteiger partial charge in [-0.25, -0.2) is 0 Å². The van der Waals surface area contributed by atoms with E-state index in [1.807, 2.05) is 109 Å². The van der Waals surface area contributed by atoms with Crippen LogP contribution in [0.3, 0.4) is 0 Å². The largest absolute Gasteiger partial charge is 0.370 e. The first-order valence-electron chi connectivity index (χ1n) is 23.6. The van der Waals surface area contributed by atoms with Gasteiger partial charge in [-0.1, -0.05) is 161 Å². The van der Waals surface area contributed by atoms with E-state index in [0.29, 0.717) is 25.8 Å². The van der Waals surface area contributed by atoms with Crippen LogP contribution in [0.1, 0.15) is 114 Å². The van der Waals surface area contributed by atoms with Gasteiger partial charge in [0.1, 0.15) is 0 Å². The molecule has 0 aliphatic rings. The predicted molar refractivity (Wildman–Crippen MR) is 265 cm³/mol. The first-order chi connectivity index (χ1) is 31.5. The number of rotatable bonds is 31. The van der Waals surface area contributed by atoms with Crippen LogP contribution in [-0.2, 0) is 32.0 Å². The highest BCUT2D eigenvalue weighted by Crippen LogP contribution is 2.23. The number of unbranched alkanes of at least 4 members (excludes halogenated alkanes) is 8. The van der Waals surface area contributed by atoms with E-state index in [1.54, 1.807) is 0 Å². The first kappa shape index (κ1) is 51.3. The minimum atomic E-state index is -0.859. The Morgan fingerprint density at radius 3 is 1.46 bits per heavy atom. The number of ketones is 2. The zero-order chi connectivity index (χ0) is 46.7. The second kappa shape index (κ2) is 29.2. The van der Waals surface area contributed by atoms with Crippen LogP contribution in [0.15, 0.2) is 119 Å². The molecule has 0 spiro atoms. The molecule has 0 unspecified atom stereocenters. The molecule has 0 aliphatic heterocycles. The molecule has 0 saturated carbocycles. The van der Waals surface area contributed by atoms with E-state index in [-0.39, 0.29) is 68.0 Å². The molecule has 0 saturated heterocycles. The van der Waals surface area contributed by atoms with Crippen molar-refractivity contribution in [2.24, 2.45) is 38.8 Å². The molecule has 0 radical (unpaired) electrons. The van der Waals surface area contributed by atoms with Gasteiger partial charge in [0.15, 0.2) is 23.5 Å². The molecule has 65 heavy (non-hydrogen) atoms. The van der Waals surface area contributed by atoms with E-state index in [0.717, 1.165) is 71.9 Å². The van der Waals surface area contributed by atoms with Crippen molar-refractivity contribution in [1.82, 2.24) is 10.6 Å². The molecule has 0 aromatic heterocycles. The predicted octanol–water partition coefficient (Wildman–Crippen LogP) is 7.95. The molecule has 0 bridgehead atoms. The molecule has 4 rings (SSSR count). The Bertz CT molecular complexity index is 2080. The molecule has 10 N–H and O–H groups in total. The normalized spacial score (nSPS) is 12.3. The summed E-state index contributed by atoms with van der Waals surface area (Å²) in [7, 11) is 0. The topological polar surface area (TPSA) is 221 Å². The molecule has 0 heterocycles. The van der Waals surface area contributed by atoms with Gasteiger partial charge in [-0.3, -0.25) is 29.2 Å². The molecule has 12 nitrogen and oxygen atoms in total. The van der Waals surface area contributed by atoms with Crippen molar-refractivity contribution >= 4 is 35.3 Å². The lowest BCUT2D eigenvalue weighted by molar-refractivity contribution is -0.133. The summed E-state index contributed by atoms with van der Waals surface area (Å²) >= 11 is 0. The van der Waals surface area contributed by atoms with Crippen LogP contribution in [0.5, 0.6) is 0 Å². The van der Waals surface area contributed by atoms with E-state index >= 15 is 0 Å². The van der Waals surface area contributed by atoms with Crippen molar-refractivity contribution in [3.63, 3.8) is 0 Å². The third-order valence-electron chi connectivity index (χ3n) is 11.6. The van der Waals surface area contributed by atoms with Crippen LogP contribution in [-0.4, -0.2) is 60.5 Å². The first-order valence-corrected chi connectivity index (χ1v) is 23.6. The fraction of sp³-hybridized carbons (Fsp3) is 0.434. The third kappa shape index (κ3) is 20.0. The number of aliphatic imine (C=N–C) groups is 2. The van der Waals surface area contributed by atoms with E-state index in [9.17, 15) is 19.2 Å². The van der Waals surface area contributed by atoms with Crippen molar-refractivity contribution < 1.29 is 19.2 Å². The van der Waals surface area contributed by atoms with Crippen LogP contribution >= 0.6 is 0 Å². The van der Waals surface area contributed by atoms with Crippen LogP contribution < -0.4 is 33.6 Å². The molecule has 12 heteroatoms. The van der Waals surface area contributed by atoms with Gasteiger partial charge in [-0.2, -0.15) is 0 Å². The molecule has 3 atom stereocenters. The Labute approximate surface area is 386 Å². The van der Waals surface area contributed by atoms with Crippen LogP contribution in [0.4, 0.5) is 0 Å². The maximum Gasteiger partial charge on any atom is 0.224 e. The summed E-state index contributed by atoms with van der Waals surface area (Å²) in [6.07, 6.45) is 11.2. The zero-order valence-electron chi connectivity index (χ0n) is 38.4. The fourth-order valence-corrected chi connectivity index (χ4v) is 7.92. The summed E-state index contributed by atoms with van der Waals surface area (Å²) < 4.78 is 0. The minimum absolute atomic E-state index is 0.0307. The number of hydrogen-bond donors (Lipinski definition) is 6. The molecule has 4 aromatic carbocycles. The Kier molecular flexibility index (Phi) is 23.1. The second-order valence-electron chi connectivity index (χ2n) is 17.0. The fourth-order valence-electron chi connectivity index (χ4n) is 7.92. The molecular weight excluding hydrogens is 813 g/mol. The van der Waals surface area contributed by atoms with Gasteiger partial charge in [-0.15, -0.1) is 0 Å². The van der Waals surface area contributed by atoms with Gasteiger partial charge < -0.3 is 33.6 Å². The number of nitrogens with zero attached hydrogens (tertiary/aromatic N) is 2. The number of nitrogens with two attached hydrogens (primary N) is 4. The summed E-state index contributed by atoms with van der Waals surface area (Å²) in [4.78, 5) is 64.5. The van der Waals surface area contributed by atoms with Crippen LogP contribution in [0.25, 0.3) is 22.3 Å². The standard InChI is InChI=1S/C53H72N8O4/c1-2-3-4-5-6-7-16-25-50(64)60-47(37-40-28-32-44(33-29-40)42-21-13-9-14-22-42)49(63)38-45(23-18-35-59-53(56)57)51(65)61-46(48(62)24-15-10-17-34-58-52(54)55)36-39-26-30-43(31-27-39)41-19-11-8-12-20-41/h8-9,11-14,19-22,26-33,45-47H,2-7,10,15-18,23-25,34-38H2,1H3,(H,60,64)(H,61,65)(H4,54,55,58)(H4,56,57,59)/t45-,46+,47+/m1/s1. The SMILES string of the molecule is CCCCCCCCCC(=O)N[C@@H](Cc1ccc(-c2ccccc2)cc1)C(=O)C[C@@H](CCCN=C(N)N)C(=O)N[C@@H](Cc1ccc(-c2ccccc2)cc1)C(=O)CCCCCN=C(N)N. The summed E-state index contributed by atoms with van der Waals surface area (Å²) in [5.41, 5.74) is 28.2. The van der Waals surface area contributed by atoms with Crippen molar-refractivity contribution in [2.75, 3.05) is 13.1 Å².